The predicted octanol–water partition coefficient (Wildman–Crippen LogP) is 4.08. The van der Waals surface area contributed by atoms with E-state index in [9.17, 15) is 18.4 Å². The maximum Gasteiger partial charge on any atom is 0.256 e. The summed E-state index contributed by atoms with van der Waals surface area (Å²) in [7, 11) is 0. The maximum absolute atomic E-state index is 13.9. The summed E-state index contributed by atoms with van der Waals surface area (Å²) in [4.78, 5) is 26.9. The Morgan fingerprint density at radius 1 is 0.966 bits per heavy atom. The average Bonchev–Trinajstić information content (AvgIpc) is 3.57. The lowest BCUT2D eigenvalue weighted by molar-refractivity contribution is -0.127. The van der Waals surface area contributed by atoms with Crippen molar-refractivity contribution in [3.8, 4) is 0 Å². The molecule has 0 aromatic heterocycles. The van der Waals surface area contributed by atoms with Crippen LogP contribution in [-0.4, -0.2) is 29.8 Å². The van der Waals surface area contributed by atoms with Crippen LogP contribution in [0.15, 0.2) is 48.5 Å². The summed E-state index contributed by atoms with van der Waals surface area (Å²) in [6.07, 6.45) is 3.31. The molecule has 1 heterocycles. The highest BCUT2D eigenvalue weighted by atomic mass is 19.1. The number of nitrogens with one attached hydrogen (secondary N) is 1. The number of rotatable bonds is 5. The lowest BCUT2D eigenvalue weighted by atomic mass is 9.94. The number of carbonyl (C=O) groups is 2. The summed E-state index contributed by atoms with van der Waals surface area (Å²) in [6, 6.07) is 13.0. The molecule has 1 unspecified atom stereocenters. The summed E-state index contributed by atoms with van der Waals surface area (Å²) >= 11 is 0. The topological polar surface area (TPSA) is 49.4 Å². The number of halogens is 2. The molecule has 152 valence electrons. The molecule has 1 saturated carbocycles. The van der Waals surface area contributed by atoms with Crippen LogP contribution in [0, 0.1) is 23.5 Å². The van der Waals surface area contributed by atoms with Crippen LogP contribution in [0.4, 0.5) is 8.78 Å². The lowest BCUT2D eigenvalue weighted by Gasteiger charge is -2.32. The van der Waals surface area contributed by atoms with E-state index in [1.54, 1.807) is 0 Å². The monoisotopic (exact) mass is 398 g/mol. The van der Waals surface area contributed by atoms with Crippen molar-refractivity contribution < 1.29 is 18.4 Å². The Morgan fingerprint density at radius 3 is 2.28 bits per heavy atom. The Kier molecular flexibility index (Phi) is 5.60. The lowest BCUT2D eigenvalue weighted by Crippen LogP contribution is -2.44. The van der Waals surface area contributed by atoms with Gasteiger partial charge < -0.3 is 10.2 Å². The Labute approximate surface area is 168 Å². The molecule has 2 fully saturated rings. The minimum Gasteiger partial charge on any atom is -0.349 e. The quantitative estimate of drug-likeness (QED) is 0.825. The molecule has 0 spiro atoms. The standard InChI is InChI=1S/C23H24F2N2O2/c24-18-8-9-19(20(25)14-18)23(29)27-12-10-17(11-13-27)22(28)26-21(16-6-7-16)15-4-2-1-3-5-15/h1-5,8-9,14,16-17,21H,6-7,10-13H2,(H,26,28). The van der Waals surface area contributed by atoms with E-state index in [-0.39, 0.29) is 23.4 Å². The summed E-state index contributed by atoms with van der Waals surface area (Å²) < 4.78 is 27.0. The number of likely N-dealkylation sites (tertiary alicyclic amines) is 1. The highest BCUT2D eigenvalue weighted by Crippen LogP contribution is 2.41. The van der Waals surface area contributed by atoms with Gasteiger partial charge in [0.1, 0.15) is 11.6 Å². The molecule has 1 atom stereocenters. The van der Waals surface area contributed by atoms with Gasteiger partial charge in [-0.25, -0.2) is 8.78 Å². The van der Waals surface area contributed by atoms with E-state index in [0.717, 1.165) is 30.5 Å². The van der Waals surface area contributed by atoms with Gasteiger partial charge in [-0.3, -0.25) is 9.59 Å². The van der Waals surface area contributed by atoms with E-state index in [2.05, 4.69) is 5.32 Å². The van der Waals surface area contributed by atoms with E-state index in [0.29, 0.717) is 31.8 Å². The minimum atomic E-state index is -0.856. The van der Waals surface area contributed by atoms with Crippen molar-refractivity contribution in [2.75, 3.05) is 13.1 Å². The molecular weight excluding hydrogens is 374 g/mol. The molecule has 1 N–H and O–H groups in total. The molecule has 4 rings (SSSR count). The van der Waals surface area contributed by atoms with Crippen LogP contribution < -0.4 is 5.32 Å². The molecule has 0 radical (unpaired) electrons. The fraction of sp³-hybridized carbons (Fsp3) is 0.391. The number of carbonyl (C=O) groups excluding carboxylic acids is 2. The van der Waals surface area contributed by atoms with Crippen LogP contribution in [0.5, 0.6) is 0 Å². The molecule has 1 aliphatic carbocycles. The van der Waals surface area contributed by atoms with Crippen molar-refractivity contribution in [1.82, 2.24) is 10.2 Å². The largest absolute Gasteiger partial charge is 0.349 e. The Morgan fingerprint density at radius 2 is 1.66 bits per heavy atom. The van der Waals surface area contributed by atoms with Crippen molar-refractivity contribution in [3.05, 3.63) is 71.3 Å². The van der Waals surface area contributed by atoms with E-state index < -0.39 is 17.5 Å². The third-order valence-corrected chi connectivity index (χ3v) is 5.86. The van der Waals surface area contributed by atoms with Crippen molar-refractivity contribution in [3.63, 3.8) is 0 Å². The third-order valence-electron chi connectivity index (χ3n) is 5.86. The number of hydrogen-bond acceptors (Lipinski definition) is 2. The molecule has 2 amide bonds. The molecule has 2 aliphatic rings. The molecule has 1 saturated heterocycles. The number of piperidine rings is 1. The third kappa shape index (κ3) is 4.47. The normalized spacial score (nSPS) is 18.3. The van der Waals surface area contributed by atoms with E-state index >= 15 is 0 Å². The SMILES string of the molecule is O=C(NC(c1ccccc1)C1CC1)C1CCN(C(=O)c2ccc(F)cc2F)CC1. The van der Waals surface area contributed by atoms with Gasteiger partial charge in [0.25, 0.3) is 5.91 Å². The van der Waals surface area contributed by atoms with Crippen LogP contribution in [0.2, 0.25) is 0 Å². The van der Waals surface area contributed by atoms with E-state index in [4.69, 9.17) is 0 Å². The van der Waals surface area contributed by atoms with Crippen LogP contribution >= 0.6 is 0 Å². The first-order valence-corrected chi connectivity index (χ1v) is 10.1. The van der Waals surface area contributed by atoms with Gasteiger partial charge in [0.05, 0.1) is 11.6 Å². The van der Waals surface area contributed by atoms with Gasteiger partial charge in [0.15, 0.2) is 0 Å². The smallest absolute Gasteiger partial charge is 0.256 e. The fourth-order valence-corrected chi connectivity index (χ4v) is 4.01. The number of amides is 2. The second-order valence-corrected chi connectivity index (χ2v) is 7.93. The number of benzene rings is 2. The average molecular weight is 398 g/mol. The van der Waals surface area contributed by atoms with Gasteiger partial charge in [-0.15, -0.1) is 0 Å². The Hall–Kier alpha value is -2.76. The minimum absolute atomic E-state index is 0.0193. The first-order valence-electron chi connectivity index (χ1n) is 10.1. The summed E-state index contributed by atoms with van der Waals surface area (Å²) in [5.41, 5.74) is 0.995. The van der Waals surface area contributed by atoms with Gasteiger partial charge in [0, 0.05) is 25.1 Å². The molecular formula is C23H24F2N2O2. The van der Waals surface area contributed by atoms with Gasteiger partial charge >= 0.3 is 0 Å². The zero-order valence-electron chi connectivity index (χ0n) is 16.1. The van der Waals surface area contributed by atoms with Gasteiger partial charge in [-0.05, 0) is 49.3 Å². The van der Waals surface area contributed by atoms with E-state index in [1.165, 1.54) is 11.0 Å². The number of hydrogen-bond donors (Lipinski definition) is 1. The second-order valence-electron chi connectivity index (χ2n) is 7.93. The van der Waals surface area contributed by atoms with Crippen LogP contribution in [-0.2, 0) is 4.79 Å². The maximum atomic E-state index is 13.9. The molecule has 0 bridgehead atoms. The Bertz CT molecular complexity index is 891. The van der Waals surface area contributed by atoms with E-state index in [1.807, 2.05) is 30.3 Å². The van der Waals surface area contributed by atoms with Crippen molar-refractivity contribution in [2.24, 2.45) is 11.8 Å². The second kappa shape index (κ2) is 8.31. The summed E-state index contributed by atoms with van der Waals surface area (Å²) in [5.74, 6) is -1.68. The summed E-state index contributed by atoms with van der Waals surface area (Å²) in [6.45, 7) is 0.764. The zero-order chi connectivity index (χ0) is 20.4. The molecule has 4 nitrogen and oxygen atoms in total. The van der Waals surface area contributed by atoms with Crippen LogP contribution in [0.1, 0.15) is 47.6 Å². The predicted molar refractivity (Wildman–Crippen MR) is 105 cm³/mol. The van der Waals surface area contributed by atoms with Crippen molar-refractivity contribution in [2.45, 2.75) is 31.7 Å². The highest BCUT2D eigenvalue weighted by Gasteiger charge is 2.36. The first-order chi connectivity index (χ1) is 14.0. The fourth-order valence-electron chi connectivity index (χ4n) is 4.01. The van der Waals surface area contributed by atoms with Crippen LogP contribution in [0.25, 0.3) is 0 Å². The van der Waals surface area contributed by atoms with Gasteiger partial charge in [0.2, 0.25) is 5.91 Å². The molecule has 6 heteroatoms. The summed E-state index contributed by atoms with van der Waals surface area (Å²) in [5, 5.41) is 3.21. The van der Waals surface area contributed by atoms with Gasteiger partial charge in [-0.1, -0.05) is 30.3 Å². The molecule has 1 aliphatic heterocycles. The van der Waals surface area contributed by atoms with Gasteiger partial charge in [-0.2, -0.15) is 0 Å². The Balaban J connectivity index is 1.35. The zero-order valence-corrected chi connectivity index (χ0v) is 16.1. The van der Waals surface area contributed by atoms with Crippen molar-refractivity contribution >= 4 is 11.8 Å². The molecule has 29 heavy (non-hydrogen) atoms. The number of nitrogens with zero attached hydrogens (tertiary/aromatic N) is 1. The molecule has 2 aromatic rings. The highest BCUT2D eigenvalue weighted by molar-refractivity contribution is 5.94. The first kappa shape index (κ1) is 19.6. The van der Waals surface area contributed by atoms with Crippen molar-refractivity contribution in [1.29, 1.82) is 0 Å². The molecule has 2 aromatic carbocycles. The van der Waals surface area contributed by atoms with Crippen LogP contribution in [0.3, 0.4) is 0 Å².